The van der Waals surface area contributed by atoms with Crippen LogP contribution in [0.4, 0.5) is 8.78 Å². The van der Waals surface area contributed by atoms with E-state index in [2.05, 4.69) is 0 Å². The maximum Gasteiger partial charge on any atom is 0.269 e. The predicted octanol–water partition coefficient (Wildman–Crippen LogP) is 2.44. The van der Waals surface area contributed by atoms with Gasteiger partial charge in [-0.1, -0.05) is 30.3 Å². The summed E-state index contributed by atoms with van der Waals surface area (Å²) in [7, 11) is 0. The number of thioether (sulfide) groups is 1. The van der Waals surface area contributed by atoms with E-state index in [9.17, 15) is 23.2 Å². The van der Waals surface area contributed by atoms with Gasteiger partial charge in [0.1, 0.15) is 6.61 Å². The van der Waals surface area contributed by atoms with Crippen molar-refractivity contribution in [2.24, 2.45) is 0 Å². The van der Waals surface area contributed by atoms with Crippen molar-refractivity contribution in [3.05, 3.63) is 57.7 Å². The van der Waals surface area contributed by atoms with Gasteiger partial charge in [0.2, 0.25) is 5.78 Å². The number of ketones is 3. The van der Waals surface area contributed by atoms with E-state index in [1.807, 2.05) is 0 Å². The summed E-state index contributed by atoms with van der Waals surface area (Å²) in [6.07, 6.45) is -3.08. The van der Waals surface area contributed by atoms with Gasteiger partial charge in [-0.15, -0.1) is 11.8 Å². The van der Waals surface area contributed by atoms with Gasteiger partial charge in [0.05, 0.1) is 16.2 Å². The summed E-state index contributed by atoms with van der Waals surface area (Å²) >= 11 is 0.821. The molecule has 23 heavy (non-hydrogen) atoms. The topological polar surface area (TPSA) is 60.4 Å². The first kappa shape index (κ1) is 15.6. The van der Waals surface area contributed by atoms with Crippen molar-refractivity contribution in [2.45, 2.75) is 13.0 Å². The molecule has 0 aromatic heterocycles. The van der Waals surface area contributed by atoms with E-state index in [-0.39, 0.29) is 22.8 Å². The van der Waals surface area contributed by atoms with Crippen LogP contribution in [0.15, 0.2) is 52.1 Å². The summed E-state index contributed by atoms with van der Waals surface area (Å²) in [5.74, 6) is -3.50. The van der Waals surface area contributed by atoms with Crippen molar-refractivity contribution in [1.82, 2.24) is 0 Å². The van der Waals surface area contributed by atoms with Crippen LogP contribution in [0.2, 0.25) is 0 Å². The van der Waals surface area contributed by atoms with Crippen molar-refractivity contribution in [2.75, 3.05) is 5.75 Å². The maximum absolute atomic E-state index is 13.4. The average Bonchev–Trinajstić information content (AvgIpc) is 2.92. The quantitative estimate of drug-likeness (QED) is 0.624. The number of carbonyl (C=O) groups is 3. The number of carbonyl (C=O) groups excluding carboxylic acids is 3. The van der Waals surface area contributed by atoms with Crippen LogP contribution in [-0.4, -0.2) is 29.5 Å². The lowest BCUT2D eigenvalue weighted by Gasteiger charge is -2.19. The van der Waals surface area contributed by atoms with Crippen LogP contribution in [0.3, 0.4) is 0 Å². The molecule has 0 fully saturated rings. The molecule has 7 heteroatoms. The Hall–Kier alpha value is -2.28. The largest absolute Gasteiger partial charge is 0.484 e. The predicted molar refractivity (Wildman–Crippen MR) is 78.8 cm³/mol. The van der Waals surface area contributed by atoms with E-state index in [1.165, 1.54) is 0 Å². The van der Waals surface area contributed by atoms with Gasteiger partial charge < -0.3 is 4.74 Å². The number of halogens is 2. The Morgan fingerprint density at radius 3 is 2.43 bits per heavy atom. The minimum atomic E-state index is -3.08. The highest BCUT2D eigenvalue weighted by atomic mass is 32.2. The molecule has 1 aliphatic heterocycles. The molecule has 1 aliphatic carbocycles. The molecule has 0 unspecified atom stereocenters. The SMILES string of the molecule is O=C1CSC2=C1C(C(F)F)=C(OCc1ccccc1)C(=O)C2=O. The summed E-state index contributed by atoms with van der Waals surface area (Å²) in [5, 5.41) is 0. The van der Waals surface area contributed by atoms with Crippen LogP contribution in [0, 0.1) is 0 Å². The van der Waals surface area contributed by atoms with Crippen LogP contribution in [-0.2, 0) is 25.7 Å². The summed E-state index contributed by atoms with van der Waals surface area (Å²) in [6, 6.07) is 8.62. The van der Waals surface area contributed by atoms with Crippen LogP contribution in [0.1, 0.15) is 5.56 Å². The molecule has 1 aromatic rings. The molecule has 0 saturated heterocycles. The second-order valence-electron chi connectivity index (χ2n) is 4.89. The van der Waals surface area contributed by atoms with E-state index in [1.54, 1.807) is 30.3 Å². The lowest BCUT2D eigenvalue weighted by molar-refractivity contribution is -0.134. The third-order valence-corrected chi connectivity index (χ3v) is 4.52. The van der Waals surface area contributed by atoms with Gasteiger partial charge in [-0.05, 0) is 5.56 Å². The van der Waals surface area contributed by atoms with Gasteiger partial charge in [-0.2, -0.15) is 0 Å². The minimum Gasteiger partial charge on any atom is -0.484 e. The summed E-state index contributed by atoms with van der Waals surface area (Å²) in [6.45, 7) is -0.143. The number of rotatable bonds is 4. The molecule has 0 saturated carbocycles. The molecule has 118 valence electrons. The smallest absolute Gasteiger partial charge is 0.269 e. The summed E-state index contributed by atoms with van der Waals surface area (Å²) in [5.41, 5.74) is -0.478. The van der Waals surface area contributed by atoms with E-state index in [4.69, 9.17) is 4.74 Å². The molecule has 1 heterocycles. The number of hydrogen-bond donors (Lipinski definition) is 0. The molecule has 0 atom stereocenters. The van der Waals surface area contributed by atoms with Crippen molar-refractivity contribution in [3.63, 3.8) is 0 Å². The number of ether oxygens (including phenoxy) is 1. The highest BCUT2D eigenvalue weighted by molar-refractivity contribution is 8.05. The Labute approximate surface area is 134 Å². The lowest BCUT2D eigenvalue weighted by Crippen LogP contribution is -2.29. The first-order valence-electron chi connectivity index (χ1n) is 6.69. The summed E-state index contributed by atoms with van der Waals surface area (Å²) in [4.78, 5) is 35.7. The molecule has 0 N–H and O–H groups in total. The monoisotopic (exact) mass is 336 g/mol. The van der Waals surface area contributed by atoms with Crippen molar-refractivity contribution in [1.29, 1.82) is 0 Å². The fourth-order valence-corrected chi connectivity index (χ4v) is 3.40. The normalized spacial score (nSPS) is 18.1. The van der Waals surface area contributed by atoms with Crippen LogP contribution in [0.5, 0.6) is 0 Å². The second-order valence-corrected chi connectivity index (χ2v) is 5.88. The molecule has 4 nitrogen and oxygen atoms in total. The van der Waals surface area contributed by atoms with Crippen molar-refractivity contribution in [3.8, 4) is 0 Å². The van der Waals surface area contributed by atoms with Crippen molar-refractivity contribution < 1.29 is 27.9 Å². The lowest BCUT2D eigenvalue weighted by atomic mass is 9.92. The Kier molecular flexibility index (Phi) is 4.12. The molecule has 0 bridgehead atoms. The van der Waals surface area contributed by atoms with Crippen LogP contribution in [0.25, 0.3) is 0 Å². The Morgan fingerprint density at radius 2 is 1.78 bits per heavy atom. The van der Waals surface area contributed by atoms with Crippen LogP contribution < -0.4 is 0 Å². The molecule has 2 aliphatic rings. The zero-order valence-corrected chi connectivity index (χ0v) is 12.5. The van der Waals surface area contributed by atoms with Gasteiger partial charge in [-0.3, -0.25) is 14.4 Å². The second kappa shape index (κ2) is 6.08. The molecular weight excluding hydrogens is 326 g/mol. The number of alkyl halides is 2. The minimum absolute atomic E-state index is 0.119. The fourth-order valence-electron chi connectivity index (χ4n) is 2.38. The van der Waals surface area contributed by atoms with Gasteiger partial charge >= 0.3 is 0 Å². The molecule has 1 aromatic carbocycles. The molecule has 3 rings (SSSR count). The maximum atomic E-state index is 13.4. The molecule has 0 amide bonds. The Morgan fingerprint density at radius 1 is 1.09 bits per heavy atom. The standard InChI is InChI=1S/C16H10F2O4S/c17-16(18)11-10-9(19)7-23-15(10)13(21)12(20)14(11)22-6-8-4-2-1-3-5-8/h1-5,16H,6-7H2. The van der Waals surface area contributed by atoms with Gasteiger partial charge in [0.15, 0.2) is 11.5 Å². The molecule has 0 radical (unpaired) electrons. The number of allylic oxidation sites excluding steroid dienone is 4. The first-order valence-corrected chi connectivity index (χ1v) is 7.68. The highest BCUT2D eigenvalue weighted by Gasteiger charge is 2.45. The average molecular weight is 336 g/mol. The van der Waals surface area contributed by atoms with Crippen LogP contribution >= 0.6 is 11.8 Å². The van der Waals surface area contributed by atoms with E-state index in [0.29, 0.717) is 5.56 Å². The molecular formula is C16H10F2O4S. The Bertz CT molecular complexity index is 766. The highest BCUT2D eigenvalue weighted by Crippen LogP contribution is 2.41. The summed E-state index contributed by atoms with van der Waals surface area (Å²) < 4.78 is 32.0. The Balaban J connectivity index is 2.01. The fraction of sp³-hybridized carbons (Fsp3) is 0.188. The zero-order chi connectivity index (χ0) is 16.6. The van der Waals surface area contributed by atoms with Gasteiger partial charge in [0.25, 0.3) is 12.2 Å². The number of Topliss-reactive ketones (excluding diaryl/α,β-unsaturated/α-hetero) is 3. The zero-order valence-electron chi connectivity index (χ0n) is 11.7. The first-order chi connectivity index (χ1) is 11.0. The van der Waals surface area contributed by atoms with E-state index in [0.717, 1.165) is 11.8 Å². The van der Waals surface area contributed by atoms with Crippen molar-refractivity contribution >= 4 is 29.1 Å². The third kappa shape index (κ3) is 2.72. The third-order valence-electron chi connectivity index (χ3n) is 3.43. The number of benzene rings is 1. The van der Waals surface area contributed by atoms with E-state index >= 15 is 0 Å². The van der Waals surface area contributed by atoms with E-state index < -0.39 is 35.1 Å². The van der Waals surface area contributed by atoms with Gasteiger partial charge in [-0.25, -0.2) is 8.78 Å². The van der Waals surface area contributed by atoms with Gasteiger partial charge in [0, 0.05) is 5.57 Å². The molecule has 0 spiro atoms. The number of hydrogen-bond acceptors (Lipinski definition) is 5.